The van der Waals surface area contributed by atoms with Gasteiger partial charge in [0, 0.05) is 54.1 Å². The van der Waals surface area contributed by atoms with Gasteiger partial charge in [0.25, 0.3) is 0 Å². The number of piperidine rings is 1. The van der Waals surface area contributed by atoms with E-state index >= 15 is 0 Å². The van der Waals surface area contributed by atoms with Crippen LogP contribution in [0.1, 0.15) is 24.6 Å². The Hall–Kier alpha value is -3.32. The summed E-state index contributed by atoms with van der Waals surface area (Å²) >= 11 is 0. The van der Waals surface area contributed by atoms with Crippen LogP contribution in [0, 0.1) is 6.92 Å². The molecule has 1 fully saturated rings. The summed E-state index contributed by atoms with van der Waals surface area (Å²) in [5, 5.41) is 12.4. The lowest BCUT2D eigenvalue weighted by atomic mass is 10.0. The van der Waals surface area contributed by atoms with Gasteiger partial charge in [-0.15, -0.1) is 0 Å². The van der Waals surface area contributed by atoms with Crippen molar-refractivity contribution in [1.29, 1.82) is 0 Å². The van der Waals surface area contributed by atoms with Gasteiger partial charge in [-0.25, -0.2) is 9.97 Å². The summed E-state index contributed by atoms with van der Waals surface area (Å²) in [7, 11) is 1.94. The normalized spacial score (nSPS) is 14.9. The third-order valence-electron chi connectivity index (χ3n) is 5.71. The predicted molar refractivity (Wildman–Crippen MR) is 117 cm³/mol. The number of benzene rings is 1. The molecule has 0 atom stereocenters. The smallest absolute Gasteiger partial charge is 0.159 e. The van der Waals surface area contributed by atoms with Crippen molar-refractivity contribution in [3.8, 4) is 33.6 Å². The van der Waals surface area contributed by atoms with Crippen LogP contribution in [0.4, 0.5) is 0 Å². The van der Waals surface area contributed by atoms with Crippen LogP contribution in [0.25, 0.3) is 33.6 Å². The van der Waals surface area contributed by atoms with Crippen LogP contribution >= 0.6 is 0 Å². The van der Waals surface area contributed by atoms with Crippen LogP contribution in [-0.4, -0.2) is 42.6 Å². The van der Waals surface area contributed by atoms with Crippen molar-refractivity contribution in [3.63, 3.8) is 0 Å². The topological polar surface area (TPSA) is 73.5 Å². The molecule has 1 aromatic carbocycles. The van der Waals surface area contributed by atoms with Gasteiger partial charge in [0.05, 0.1) is 17.9 Å². The van der Waals surface area contributed by atoms with E-state index in [9.17, 15) is 0 Å². The summed E-state index contributed by atoms with van der Waals surface area (Å²) in [5.41, 5.74) is 6.29. The Morgan fingerprint density at radius 2 is 1.70 bits per heavy atom. The first-order valence-corrected chi connectivity index (χ1v) is 10.4. The number of aryl methyl sites for hydroxylation is 2. The molecule has 0 amide bonds. The van der Waals surface area contributed by atoms with Crippen molar-refractivity contribution in [3.05, 3.63) is 60.9 Å². The standard InChI is InChI=1S/C23H25N7/c1-16-22(15-29(2)28-16)17-4-3-5-18(10-17)23-25-11-19(12-26-23)20-13-27-30(14-20)21-6-8-24-9-7-21/h3-5,10-15,21,24H,6-9H2,1-2H3. The number of hydrogen-bond acceptors (Lipinski definition) is 5. The number of nitrogens with zero attached hydrogens (tertiary/aromatic N) is 6. The maximum Gasteiger partial charge on any atom is 0.159 e. The number of nitrogens with one attached hydrogen (secondary N) is 1. The maximum absolute atomic E-state index is 4.63. The first-order valence-electron chi connectivity index (χ1n) is 10.4. The first kappa shape index (κ1) is 18.7. The molecular formula is C23H25N7. The van der Waals surface area contributed by atoms with Crippen LogP contribution in [0.2, 0.25) is 0 Å². The fourth-order valence-electron chi connectivity index (χ4n) is 4.09. The van der Waals surface area contributed by atoms with E-state index in [1.807, 2.05) is 55.6 Å². The average molecular weight is 400 g/mol. The first-order chi connectivity index (χ1) is 14.7. The van der Waals surface area contributed by atoms with Gasteiger partial charge in [0.1, 0.15) is 0 Å². The average Bonchev–Trinajstić information content (AvgIpc) is 3.41. The zero-order valence-electron chi connectivity index (χ0n) is 17.3. The molecule has 1 aliphatic heterocycles. The van der Waals surface area contributed by atoms with E-state index in [4.69, 9.17) is 0 Å². The highest BCUT2D eigenvalue weighted by atomic mass is 15.3. The Morgan fingerprint density at radius 3 is 2.43 bits per heavy atom. The fraction of sp³-hybridized carbons (Fsp3) is 0.304. The van der Waals surface area contributed by atoms with Crippen LogP contribution in [-0.2, 0) is 7.05 Å². The fourth-order valence-corrected chi connectivity index (χ4v) is 4.09. The molecular weight excluding hydrogens is 374 g/mol. The van der Waals surface area contributed by atoms with Gasteiger partial charge in [-0.1, -0.05) is 18.2 Å². The highest BCUT2D eigenvalue weighted by Crippen LogP contribution is 2.27. The van der Waals surface area contributed by atoms with Gasteiger partial charge in [-0.3, -0.25) is 9.36 Å². The Morgan fingerprint density at radius 1 is 0.933 bits per heavy atom. The predicted octanol–water partition coefficient (Wildman–Crippen LogP) is 3.64. The van der Waals surface area contributed by atoms with E-state index < -0.39 is 0 Å². The minimum atomic E-state index is 0.471. The summed E-state index contributed by atoms with van der Waals surface area (Å²) in [6.07, 6.45) is 12.1. The molecule has 1 aliphatic rings. The molecule has 0 saturated carbocycles. The van der Waals surface area contributed by atoms with E-state index in [-0.39, 0.29) is 0 Å². The second kappa shape index (κ2) is 7.84. The van der Waals surface area contributed by atoms with Crippen LogP contribution in [0.3, 0.4) is 0 Å². The molecule has 0 radical (unpaired) electrons. The van der Waals surface area contributed by atoms with E-state index in [1.54, 1.807) is 0 Å². The van der Waals surface area contributed by atoms with E-state index in [1.165, 1.54) is 0 Å². The van der Waals surface area contributed by atoms with Crippen molar-refractivity contribution in [1.82, 2.24) is 34.8 Å². The molecule has 4 heterocycles. The Balaban J connectivity index is 1.38. The minimum absolute atomic E-state index is 0.471. The SMILES string of the molecule is Cc1nn(C)cc1-c1cccc(-c2ncc(-c3cnn(C4CCNCC4)c3)cn2)c1. The van der Waals surface area contributed by atoms with Crippen LogP contribution < -0.4 is 5.32 Å². The van der Waals surface area contributed by atoms with Gasteiger partial charge in [0.15, 0.2) is 5.82 Å². The number of hydrogen-bond donors (Lipinski definition) is 1. The van der Waals surface area contributed by atoms with E-state index in [0.717, 1.165) is 59.4 Å². The summed E-state index contributed by atoms with van der Waals surface area (Å²) in [6.45, 7) is 4.13. The molecule has 1 N–H and O–H groups in total. The monoisotopic (exact) mass is 399 g/mol. The molecule has 0 bridgehead atoms. The van der Waals surface area contributed by atoms with Crippen molar-refractivity contribution in [2.24, 2.45) is 7.05 Å². The van der Waals surface area contributed by atoms with Gasteiger partial charge in [0.2, 0.25) is 0 Å². The highest BCUT2D eigenvalue weighted by Gasteiger charge is 2.16. The Bertz CT molecular complexity index is 1150. The van der Waals surface area contributed by atoms with Crippen molar-refractivity contribution < 1.29 is 0 Å². The molecule has 3 aromatic heterocycles. The highest BCUT2D eigenvalue weighted by molar-refractivity contribution is 5.71. The second-order valence-corrected chi connectivity index (χ2v) is 7.87. The summed E-state index contributed by atoms with van der Waals surface area (Å²) in [4.78, 5) is 9.26. The third-order valence-corrected chi connectivity index (χ3v) is 5.71. The van der Waals surface area contributed by atoms with Gasteiger partial charge in [-0.05, 0) is 44.5 Å². The zero-order chi connectivity index (χ0) is 20.5. The zero-order valence-corrected chi connectivity index (χ0v) is 17.3. The quantitative estimate of drug-likeness (QED) is 0.567. The molecule has 30 heavy (non-hydrogen) atoms. The van der Waals surface area contributed by atoms with Crippen LogP contribution in [0.5, 0.6) is 0 Å². The molecule has 0 unspecified atom stereocenters. The molecule has 152 valence electrons. The Labute approximate surface area is 175 Å². The number of rotatable bonds is 4. The second-order valence-electron chi connectivity index (χ2n) is 7.87. The number of aromatic nitrogens is 6. The van der Waals surface area contributed by atoms with Gasteiger partial charge < -0.3 is 5.32 Å². The van der Waals surface area contributed by atoms with Gasteiger partial charge >= 0.3 is 0 Å². The van der Waals surface area contributed by atoms with Crippen molar-refractivity contribution in [2.75, 3.05) is 13.1 Å². The summed E-state index contributed by atoms with van der Waals surface area (Å²) < 4.78 is 3.93. The molecule has 5 rings (SSSR count). The largest absolute Gasteiger partial charge is 0.317 e. The molecule has 4 aromatic rings. The minimum Gasteiger partial charge on any atom is -0.317 e. The molecule has 7 nitrogen and oxygen atoms in total. The molecule has 1 saturated heterocycles. The lowest BCUT2D eigenvalue weighted by Gasteiger charge is -2.22. The lowest BCUT2D eigenvalue weighted by Crippen LogP contribution is -2.29. The van der Waals surface area contributed by atoms with E-state index in [0.29, 0.717) is 11.9 Å². The van der Waals surface area contributed by atoms with Crippen molar-refractivity contribution >= 4 is 0 Å². The summed E-state index contributed by atoms with van der Waals surface area (Å²) in [6, 6.07) is 8.76. The Kier molecular flexibility index (Phi) is 4.88. The lowest BCUT2D eigenvalue weighted by molar-refractivity contribution is 0.343. The van der Waals surface area contributed by atoms with E-state index in [2.05, 4.69) is 48.5 Å². The van der Waals surface area contributed by atoms with Crippen LogP contribution in [0.15, 0.2) is 55.2 Å². The summed E-state index contributed by atoms with van der Waals surface area (Å²) in [5.74, 6) is 0.716. The third kappa shape index (κ3) is 3.64. The molecule has 0 aliphatic carbocycles. The molecule has 7 heteroatoms. The molecule has 0 spiro atoms. The van der Waals surface area contributed by atoms with Gasteiger partial charge in [-0.2, -0.15) is 10.2 Å². The maximum atomic E-state index is 4.63. The van der Waals surface area contributed by atoms with Crippen molar-refractivity contribution in [2.45, 2.75) is 25.8 Å².